The molecule has 3 aromatic carbocycles. The number of carbonyl (C=O) groups is 1. The minimum atomic E-state index is -0.352. The number of aromatic hydroxyl groups is 1. The van der Waals surface area contributed by atoms with Gasteiger partial charge in [-0.1, -0.05) is 12.1 Å². The summed E-state index contributed by atoms with van der Waals surface area (Å²) >= 11 is 0. The molecule has 146 valence electrons. The van der Waals surface area contributed by atoms with Crippen molar-refractivity contribution in [1.29, 1.82) is 0 Å². The van der Waals surface area contributed by atoms with Crippen LogP contribution in [0, 0.1) is 0 Å². The maximum atomic E-state index is 12.1. The smallest absolute Gasteiger partial charge is 0.262 e. The maximum absolute atomic E-state index is 12.1. The molecule has 1 amide bonds. The molecular weight excluding hydrogens is 372 g/mol. The molecule has 0 fully saturated rings. The van der Waals surface area contributed by atoms with Gasteiger partial charge in [-0.25, -0.2) is 4.98 Å². The van der Waals surface area contributed by atoms with Crippen molar-refractivity contribution in [3.63, 3.8) is 0 Å². The van der Waals surface area contributed by atoms with Gasteiger partial charge >= 0.3 is 0 Å². The molecule has 7 heteroatoms. The first-order chi connectivity index (χ1) is 14.1. The fraction of sp³-hybridized carbons (Fsp3) is 0.0909. The van der Waals surface area contributed by atoms with Crippen LogP contribution in [0.25, 0.3) is 22.6 Å². The number of nitrogens with zero attached hydrogens (tertiary/aromatic N) is 1. The molecule has 4 rings (SSSR count). The van der Waals surface area contributed by atoms with Crippen LogP contribution in [0.5, 0.6) is 17.2 Å². The Morgan fingerprint density at radius 1 is 1.07 bits per heavy atom. The number of benzene rings is 3. The Labute approximate surface area is 166 Å². The lowest BCUT2D eigenvalue weighted by Gasteiger charge is -2.09. The van der Waals surface area contributed by atoms with Crippen LogP contribution in [0.4, 0.5) is 5.69 Å². The molecule has 0 spiro atoms. The van der Waals surface area contributed by atoms with Crippen molar-refractivity contribution in [2.75, 3.05) is 19.0 Å². The van der Waals surface area contributed by atoms with E-state index in [1.165, 1.54) is 6.07 Å². The molecule has 0 saturated carbocycles. The van der Waals surface area contributed by atoms with Gasteiger partial charge in [-0.15, -0.1) is 0 Å². The number of fused-ring (bicyclic) bond motifs is 1. The van der Waals surface area contributed by atoms with E-state index in [9.17, 15) is 9.90 Å². The van der Waals surface area contributed by atoms with Gasteiger partial charge in [-0.05, 0) is 48.5 Å². The Bertz CT molecular complexity index is 1120. The zero-order chi connectivity index (χ0) is 20.2. The molecule has 7 nitrogen and oxygen atoms in total. The first kappa shape index (κ1) is 18.4. The van der Waals surface area contributed by atoms with Crippen molar-refractivity contribution in [2.24, 2.45) is 0 Å². The van der Waals surface area contributed by atoms with Crippen LogP contribution in [0.3, 0.4) is 0 Å². The second-order valence-electron chi connectivity index (χ2n) is 6.23. The standard InChI is InChI=1S/C22H18N2O5/c1-27-15-7-9-16(10-8-15)28-13-21(26)23-14-6-11-17(19(25)12-14)22-24-18-4-2-3-5-20(18)29-22/h2-12,25H,13H2,1H3,(H,23,26). The highest BCUT2D eigenvalue weighted by atomic mass is 16.5. The van der Waals surface area contributed by atoms with E-state index in [2.05, 4.69) is 10.3 Å². The Morgan fingerprint density at radius 3 is 2.55 bits per heavy atom. The first-order valence-electron chi connectivity index (χ1n) is 8.88. The topological polar surface area (TPSA) is 93.8 Å². The van der Waals surface area contributed by atoms with Crippen LogP contribution in [0.15, 0.2) is 71.1 Å². The van der Waals surface area contributed by atoms with Crippen LogP contribution < -0.4 is 14.8 Å². The normalized spacial score (nSPS) is 10.7. The van der Waals surface area contributed by atoms with Crippen LogP contribution >= 0.6 is 0 Å². The third-order valence-electron chi connectivity index (χ3n) is 4.24. The van der Waals surface area contributed by atoms with Crippen LogP contribution in [0.2, 0.25) is 0 Å². The van der Waals surface area contributed by atoms with Crippen molar-refractivity contribution in [2.45, 2.75) is 0 Å². The van der Waals surface area contributed by atoms with Crippen molar-refractivity contribution >= 4 is 22.7 Å². The maximum Gasteiger partial charge on any atom is 0.262 e. The summed E-state index contributed by atoms with van der Waals surface area (Å²) < 4.78 is 16.2. The van der Waals surface area contributed by atoms with Gasteiger partial charge in [-0.3, -0.25) is 4.79 Å². The summed E-state index contributed by atoms with van der Waals surface area (Å²) in [6.45, 7) is -0.167. The Balaban J connectivity index is 1.41. The molecule has 0 aliphatic heterocycles. The molecule has 0 aliphatic rings. The van der Waals surface area contributed by atoms with E-state index >= 15 is 0 Å². The number of aromatic nitrogens is 1. The number of amides is 1. The summed E-state index contributed by atoms with van der Waals surface area (Å²) in [6, 6.07) is 19.0. The number of rotatable bonds is 6. The summed E-state index contributed by atoms with van der Waals surface area (Å²) in [7, 11) is 1.58. The lowest BCUT2D eigenvalue weighted by molar-refractivity contribution is -0.118. The van der Waals surface area contributed by atoms with Gasteiger partial charge in [0.15, 0.2) is 12.2 Å². The van der Waals surface area contributed by atoms with Crippen LogP contribution in [-0.2, 0) is 4.79 Å². The monoisotopic (exact) mass is 390 g/mol. The van der Waals surface area contributed by atoms with Crippen molar-refractivity contribution in [1.82, 2.24) is 4.98 Å². The highest BCUT2D eigenvalue weighted by Gasteiger charge is 2.13. The number of oxazole rings is 1. The number of para-hydroxylation sites is 2. The van der Waals surface area contributed by atoms with Crippen molar-refractivity contribution in [3.05, 3.63) is 66.7 Å². The molecule has 0 unspecified atom stereocenters. The summed E-state index contributed by atoms with van der Waals surface area (Å²) in [5.74, 6) is 1.16. The molecule has 0 radical (unpaired) electrons. The Hall–Kier alpha value is -4.00. The minimum absolute atomic E-state index is 0.0505. The summed E-state index contributed by atoms with van der Waals surface area (Å²) in [5, 5.41) is 13.0. The van der Waals surface area contributed by atoms with E-state index < -0.39 is 0 Å². The largest absolute Gasteiger partial charge is 0.507 e. The molecule has 1 aromatic heterocycles. The van der Waals surface area contributed by atoms with Crippen LogP contribution in [0.1, 0.15) is 0 Å². The van der Waals surface area contributed by atoms with Crippen molar-refractivity contribution < 1.29 is 23.8 Å². The lowest BCUT2D eigenvalue weighted by atomic mass is 10.2. The average molecular weight is 390 g/mol. The second kappa shape index (κ2) is 7.93. The number of methoxy groups -OCH3 is 1. The van der Waals surface area contributed by atoms with E-state index in [-0.39, 0.29) is 18.3 Å². The van der Waals surface area contributed by atoms with Gasteiger partial charge in [0.1, 0.15) is 22.8 Å². The van der Waals surface area contributed by atoms with Crippen LogP contribution in [-0.4, -0.2) is 29.7 Å². The molecule has 1 heterocycles. The summed E-state index contributed by atoms with van der Waals surface area (Å²) in [5.41, 5.74) is 2.21. The zero-order valence-corrected chi connectivity index (χ0v) is 15.6. The minimum Gasteiger partial charge on any atom is -0.507 e. The second-order valence-corrected chi connectivity index (χ2v) is 6.23. The number of carbonyl (C=O) groups excluding carboxylic acids is 1. The molecule has 2 N–H and O–H groups in total. The van der Waals surface area contributed by atoms with E-state index in [1.807, 2.05) is 18.2 Å². The number of phenolic OH excluding ortho intramolecular Hbond substituents is 1. The van der Waals surface area contributed by atoms with E-state index in [4.69, 9.17) is 13.9 Å². The molecular formula is C22H18N2O5. The van der Waals surface area contributed by atoms with Gasteiger partial charge in [0.2, 0.25) is 5.89 Å². The molecule has 0 aliphatic carbocycles. The fourth-order valence-electron chi connectivity index (χ4n) is 2.80. The Morgan fingerprint density at radius 2 is 1.83 bits per heavy atom. The zero-order valence-electron chi connectivity index (χ0n) is 15.6. The predicted octanol–water partition coefficient (Wildman–Crippen LogP) is 4.23. The highest BCUT2D eigenvalue weighted by molar-refractivity contribution is 5.92. The molecule has 0 atom stereocenters. The Kier molecular flexibility index (Phi) is 5.03. The van der Waals surface area contributed by atoms with Gasteiger partial charge in [0.25, 0.3) is 5.91 Å². The van der Waals surface area contributed by atoms with Gasteiger partial charge in [0, 0.05) is 11.8 Å². The highest BCUT2D eigenvalue weighted by Crippen LogP contribution is 2.33. The number of anilines is 1. The number of nitrogens with one attached hydrogen (secondary N) is 1. The number of hydrogen-bond donors (Lipinski definition) is 2. The van der Waals surface area contributed by atoms with Gasteiger partial charge in [0.05, 0.1) is 12.7 Å². The SMILES string of the molecule is COc1ccc(OCC(=O)Nc2ccc(-c3nc4ccccc4o3)c(O)c2)cc1. The summed E-state index contributed by atoms with van der Waals surface area (Å²) in [6.07, 6.45) is 0. The third-order valence-corrected chi connectivity index (χ3v) is 4.24. The number of ether oxygens (including phenoxy) is 2. The summed E-state index contributed by atoms with van der Waals surface area (Å²) in [4.78, 5) is 16.5. The fourth-order valence-corrected chi connectivity index (χ4v) is 2.80. The third kappa shape index (κ3) is 4.14. The lowest BCUT2D eigenvalue weighted by Crippen LogP contribution is -2.20. The quantitative estimate of drug-likeness (QED) is 0.512. The molecule has 0 bridgehead atoms. The van der Waals surface area contributed by atoms with E-state index in [0.717, 1.165) is 0 Å². The number of hydrogen-bond acceptors (Lipinski definition) is 6. The first-order valence-corrected chi connectivity index (χ1v) is 8.88. The predicted molar refractivity (Wildman–Crippen MR) is 108 cm³/mol. The molecule has 4 aromatic rings. The average Bonchev–Trinajstić information content (AvgIpc) is 3.16. The number of phenols is 1. The van der Waals surface area contributed by atoms with Crippen molar-refractivity contribution in [3.8, 4) is 28.7 Å². The molecule has 0 saturated heterocycles. The van der Waals surface area contributed by atoms with Gasteiger partial charge < -0.3 is 24.3 Å². The van der Waals surface area contributed by atoms with E-state index in [1.54, 1.807) is 49.6 Å². The molecule has 29 heavy (non-hydrogen) atoms. The van der Waals surface area contributed by atoms with E-state index in [0.29, 0.717) is 39.7 Å². The van der Waals surface area contributed by atoms with Gasteiger partial charge in [-0.2, -0.15) is 0 Å².